The van der Waals surface area contributed by atoms with Crippen molar-refractivity contribution in [2.45, 2.75) is 13.8 Å². The number of methoxy groups -OCH3 is 1. The standard InChI is InChI=1S/C28H28N4O3/c1-19-10-8-11-20(2)26(19)29-25(33)18-31(3)28(34)24-17-32(22-13-6-5-7-14-22)30-27(24)21-12-9-15-23(16-21)35-4/h5-17H,18H2,1-4H3,(H,29,33). The summed E-state index contributed by atoms with van der Waals surface area (Å²) in [6.07, 6.45) is 1.70. The van der Waals surface area contributed by atoms with Gasteiger partial charge in [0.25, 0.3) is 5.91 Å². The summed E-state index contributed by atoms with van der Waals surface area (Å²) < 4.78 is 7.03. The van der Waals surface area contributed by atoms with Gasteiger partial charge in [-0.3, -0.25) is 9.59 Å². The van der Waals surface area contributed by atoms with Crippen LogP contribution in [0.15, 0.2) is 79.0 Å². The van der Waals surface area contributed by atoms with Crippen molar-refractivity contribution < 1.29 is 14.3 Å². The zero-order valence-electron chi connectivity index (χ0n) is 20.3. The maximum atomic E-state index is 13.5. The van der Waals surface area contributed by atoms with Crippen LogP contribution in [0.3, 0.4) is 0 Å². The number of hydrogen-bond donors (Lipinski definition) is 1. The molecular weight excluding hydrogens is 440 g/mol. The summed E-state index contributed by atoms with van der Waals surface area (Å²) in [7, 11) is 3.21. The van der Waals surface area contributed by atoms with Gasteiger partial charge in [-0.1, -0.05) is 48.5 Å². The number of nitrogens with zero attached hydrogens (tertiary/aromatic N) is 3. The van der Waals surface area contributed by atoms with E-state index in [2.05, 4.69) is 5.32 Å². The largest absolute Gasteiger partial charge is 0.497 e. The number of benzene rings is 3. The van der Waals surface area contributed by atoms with E-state index in [1.165, 1.54) is 4.90 Å². The smallest absolute Gasteiger partial charge is 0.257 e. The Labute approximate surface area is 205 Å². The average Bonchev–Trinajstić information content (AvgIpc) is 3.32. The van der Waals surface area contributed by atoms with Crippen molar-refractivity contribution in [3.8, 4) is 22.7 Å². The lowest BCUT2D eigenvalue weighted by molar-refractivity contribution is -0.116. The van der Waals surface area contributed by atoms with Crippen LogP contribution >= 0.6 is 0 Å². The molecule has 7 nitrogen and oxygen atoms in total. The van der Waals surface area contributed by atoms with Gasteiger partial charge in [0.2, 0.25) is 5.91 Å². The number of aryl methyl sites for hydroxylation is 2. The van der Waals surface area contributed by atoms with E-state index in [4.69, 9.17) is 9.84 Å². The van der Waals surface area contributed by atoms with Gasteiger partial charge >= 0.3 is 0 Å². The van der Waals surface area contributed by atoms with E-state index >= 15 is 0 Å². The molecule has 0 aliphatic rings. The molecule has 7 heteroatoms. The molecule has 4 aromatic rings. The van der Waals surface area contributed by atoms with Crippen LogP contribution in [0.5, 0.6) is 5.75 Å². The average molecular weight is 469 g/mol. The molecule has 4 rings (SSSR count). The SMILES string of the molecule is COc1cccc(-c2nn(-c3ccccc3)cc2C(=O)N(C)CC(=O)Nc2c(C)cccc2C)c1. The van der Waals surface area contributed by atoms with Crippen molar-refractivity contribution in [1.82, 2.24) is 14.7 Å². The molecule has 0 atom stereocenters. The fourth-order valence-corrected chi connectivity index (χ4v) is 3.91. The van der Waals surface area contributed by atoms with Crippen molar-refractivity contribution in [2.75, 3.05) is 26.0 Å². The molecule has 0 aliphatic carbocycles. The van der Waals surface area contributed by atoms with Crippen molar-refractivity contribution in [3.05, 3.63) is 95.7 Å². The fourth-order valence-electron chi connectivity index (χ4n) is 3.91. The van der Waals surface area contributed by atoms with Crippen LogP contribution < -0.4 is 10.1 Å². The molecule has 1 aromatic heterocycles. The lowest BCUT2D eigenvalue weighted by Gasteiger charge is -2.18. The van der Waals surface area contributed by atoms with Crippen LogP contribution in [0.4, 0.5) is 5.69 Å². The molecule has 0 saturated carbocycles. The number of carbonyl (C=O) groups is 2. The minimum absolute atomic E-state index is 0.0966. The van der Waals surface area contributed by atoms with E-state index < -0.39 is 0 Å². The Bertz CT molecular complexity index is 1340. The molecule has 0 spiro atoms. The number of rotatable bonds is 7. The Morgan fingerprint density at radius 3 is 2.34 bits per heavy atom. The topological polar surface area (TPSA) is 76.5 Å². The van der Waals surface area contributed by atoms with Crippen molar-refractivity contribution >= 4 is 17.5 Å². The second-order valence-electron chi connectivity index (χ2n) is 8.38. The van der Waals surface area contributed by atoms with E-state index in [0.29, 0.717) is 17.0 Å². The van der Waals surface area contributed by atoms with Gasteiger partial charge in [0.15, 0.2) is 0 Å². The summed E-state index contributed by atoms with van der Waals surface area (Å²) in [6, 6.07) is 22.8. The first-order chi connectivity index (χ1) is 16.9. The predicted octanol–water partition coefficient (Wildman–Crippen LogP) is 4.88. The minimum Gasteiger partial charge on any atom is -0.497 e. The molecule has 3 aromatic carbocycles. The third kappa shape index (κ3) is 5.24. The van der Waals surface area contributed by atoms with E-state index in [9.17, 15) is 9.59 Å². The first-order valence-corrected chi connectivity index (χ1v) is 11.3. The molecule has 35 heavy (non-hydrogen) atoms. The third-order valence-electron chi connectivity index (χ3n) is 5.78. The minimum atomic E-state index is -0.304. The maximum Gasteiger partial charge on any atom is 0.257 e. The number of anilines is 1. The van der Waals surface area contributed by atoms with Crippen molar-refractivity contribution in [3.63, 3.8) is 0 Å². The zero-order chi connectivity index (χ0) is 24.9. The van der Waals surface area contributed by atoms with Crippen LogP contribution in [-0.2, 0) is 4.79 Å². The highest BCUT2D eigenvalue weighted by atomic mass is 16.5. The second-order valence-corrected chi connectivity index (χ2v) is 8.38. The second kappa shape index (κ2) is 10.3. The molecule has 1 heterocycles. The molecule has 178 valence electrons. The number of hydrogen-bond acceptors (Lipinski definition) is 4. The quantitative estimate of drug-likeness (QED) is 0.420. The lowest BCUT2D eigenvalue weighted by Crippen LogP contribution is -2.35. The van der Waals surface area contributed by atoms with Gasteiger partial charge in [0.05, 0.1) is 24.9 Å². The first-order valence-electron chi connectivity index (χ1n) is 11.3. The summed E-state index contributed by atoms with van der Waals surface area (Å²) in [5.74, 6) is 0.0924. The molecule has 0 unspecified atom stereocenters. The number of likely N-dealkylation sites (N-methyl/N-ethyl adjacent to an activating group) is 1. The molecule has 0 aliphatic heterocycles. The monoisotopic (exact) mass is 468 g/mol. The number of aromatic nitrogens is 2. The molecule has 0 radical (unpaired) electrons. The van der Waals surface area contributed by atoms with Crippen molar-refractivity contribution in [2.24, 2.45) is 0 Å². The Balaban J connectivity index is 1.63. The predicted molar refractivity (Wildman–Crippen MR) is 137 cm³/mol. The number of nitrogens with one attached hydrogen (secondary N) is 1. The van der Waals surface area contributed by atoms with E-state index in [1.54, 1.807) is 25.0 Å². The maximum absolute atomic E-state index is 13.5. The molecule has 2 amide bonds. The van der Waals surface area contributed by atoms with Gasteiger partial charge in [0, 0.05) is 24.5 Å². The Morgan fingerprint density at radius 1 is 0.971 bits per heavy atom. The summed E-state index contributed by atoms with van der Waals surface area (Å²) in [6.45, 7) is 3.78. The molecule has 0 fully saturated rings. The molecule has 0 bridgehead atoms. The van der Waals surface area contributed by atoms with E-state index in [1.807, 2.05) is 86.6 Å². The van der Waals surface area contributed by atoms with Gasteiger partial charge in [-0.25, -0.2) is 4.68 Å². The molecule has 1 N–H and O–H groups in total. The van der Waals surface area contributed by atoms with Gasteiger partial charge in [-0.2, -0.15) is 5.10 Å². The Hall–Kier alpha value is -4.39. The van der Waals surface area contributed by atoms with Crippen molar-refractivity contribution in [1.29, 1.82) is 0 Å². The highest BCUT2D eigenvalue weighted by Crippen LogP contribution is 2.28. The van der Waals surface area contributed by atoms with Gasteiger partial charge < -0.3 is 15.0 Å². The van der Waals surface area contributed by atoms with Crippen LogP contribution in [0.2, 0.25) is 0 Å². The van der Waals surface area contributed by atoms with Crippen LogP contribution in [0.1, 0.15) is 21.5 Å². The summed E-state index contributed by atoms with van der Waals surface area (Å²) in [4.78, 5) is 27.7. The fraction of sp³-hybridized carbons (Fsp3) is 0.179. The lowest BCUT2D eigenvalue weighted by atomic mass is 10.1. The number of carbonyl (C=O) groups excluding carboxylic acids is 2. The summed E-state index contributed by atoms with van der Waals surface area (Å²) in [5.41, 5.74) is 5.19. The third-order valence-corrected chi connectivity index (χ3v) is 5.78. The first kappa shape index (κ1) is 23.8. The highest BCUT2D eigenvalue weighted by Gasteiger charge is 2.23. The molecule has 0 saturated heterocycles. The summed E-state index contributed by atoms with van der Waals surface area (Å²) in [5, 5.41) is 7.65. The van der Waals surface area contributed by atoms with E-state index in [-0.39, 0.29) is 18.4 Å². The molecular formula is C28H28N4O3. The summed E-state index contributed by atoms with van der Waals surface area (Å²) >= 11 is 0. The van der Waals surface area contributed by atoms with Crippen LogP contribution in [0.25, 0.3) is 16.9 Å². The zero-order valence-corrected chi connectivity index (χ0v) is 20.3. The van der Waals surface area contributed by atoms with E-state index in [0.717, 1.165) is 28.1 Å². The highest BCUT2D eigenvalue weighted by molar-refractivity contribution is 6.03. The van der Waals surface area contributed by atoms with Gasteiger partial charge in [-0.05, 0) is 49.2 Å². The van der Waals surface area contributed by atoms with Gasteiger partial charge in [0.1, 0.15) is 11.4 Å². The number of ether oxygens (including phenoxy) is 1. The number of amides is 2. The van der Waals surface area contributed by atoms with Crippen LogP contribution in [0, 0.1) is 13.8 Å². The van der Waals surface area contributed by atoms with Crippen LogP contribution in [-0.4, -0.2) is 47.2 Å². The number of para-hydroxylation sites is 2. The van der Waals surface area contributed by atoms with Gasteiger partial charge in [-0.15, -0.1) is 0 Å². The Kier molecular flexibility index (Phi) is 6.96. The Morgan fingerprint density at radius 2 is 1.66 bits per heavy atom. The normalized spacial score (nSPS) is 10.6.